The maximum absolute atomic E-state index is 11.1. The number of pyridine rings is 1. The Kier molecular flexibility index (Phi) is 2.97. The van der Waals surface area contributed by atoms with Gasteiger partial charge in [-0.3, -0.25) is 0 Å². The third-order valence-corrected chi connectivity index (χ3v) is 3.84. The van der Waals surface area contributed by atoms with Gasteiger partial charge in [0.25, 0.3) is 5.89 Å². The van der Waals surface area contributed by atoms with Crippen LogP contribution in [0.15, 0.2) is 29.0 Å². The van der Waals surface area contributed by atoms with Crippen molar-refractivity contribution in [2.45, 2.75) is 25.7 Å². The van der Waals surface area contributed by atoms with Gasteiger partial charge >= 0.3 is 5.97 Å². The molecule has 23 heavy (non-hydrogen) atoms. The number of hydrogen-bond acceptors (Lipinski definition) is 6. The summed E-state index contributed by atoms with van der Waals surface area (Å²) < 4.78 is 6.74. The highest BCUT2D eigenvalue weighted by Crippen LogP contribution is 2.38. The van der Waals surface area contributed by atoms with Gasteiger partial charge in [-0.15, -0.1) is 0 Å². The number of nitrogens with zero attached hydrogens (tertiary/aromatic N) is 5. The fourth-order valence-electron chi connectivity index (χ4n) is 2.35. The SMILES string of the molecule is Cc1c(C(=O)O)cnn1-c1ccc(-c2nc(C3CC3)no2)cn1. The van der Waals surface area contributed by atoms with Crippen molar-refractivity contribution in [3.63, 3.8) is 0 Å². The first kappa shape index (κ1) is 13.6. The zero-order chi connectivity index (χ0) is 16.0. The van der Waals surface area contributed by atoms with Gasteiger partial charge in [0.05, 0.1) is 17.5 Å². The predicted octanol–water partition coefficient (Wildman–Crippen LogP) is 2.20. The van der Waals surface area contributed by atoms with Crippen molar-refractivity contribution in [2.24, 2.45) is 0 Å². The van der Waals surface area contributed by atoms with Crippen LogP contribution >= 0.6 is 0 Å². The van der Waals surface area contributed by atoms with Crippen molar-refractivity contribution in [3.05, 3.63) is 41.6 Å². The quantitative estimate of drug-likeness (QED) is 0.787. The average molecular weight is 311 g/mol. The second-order valence-electron chi connectivity index (χ2n) is 5.50. The third kappa shape index (κ3) is 2.37. The Morgan fingerprint density at radius 2 is 2.17 bits per heavy atom. The van der Waals surface area contributed by atoms with Gasteiger partial charge in [-0.05, 0) is 31.9 Å². The van der Waals surface area contributed by atoms with Crippen LogP contribution in [0.4, 0.5) is 0 Å². The molecule has 1 N–H and O–H groups in total. The molecule has 8 heteroatoms. The Hall–Kier alpha value is -3.03. The monoisotopic (exact) mass is 311 g/mol. The molecule has 116 valence electrons. The Bertz CT molecular complexity index is 877. The summed E-state index contributed by atoms with van der Waals surface area (Å²) in [4.78, 5) is 19.7. The molecule has 0 aromatic carbocycles. The molecule has 3 aromatic rings. The molecule has 3 heterocycles. The van der Waals surface area contributed by atoms with Gasteiger partial charge in [-0.2, -0.15) is 10.1 Å². The molecule has 0 bridgehead atoms. The Balaban J connectivity index is 1.63. The highest BCUT2D eigenvalue weighted by atomic mass is 16.5. The van der Waals surface area contributed by atoms with Gasteiger partial charge < -0.3 is 9.63 Å². The first-order chi connectivity index (χ1) is 11.1. The Morgan fingerprint density at radius 1 is 1.35 bits per heavy atom. The molecular weight excluding hydrogens is 298 g/mol. The van der Waals surface area contributed by atoms with Crippen molar-refractivity contribution in [1.82, 2.24) is 24.9 Å². The summed E-state index contributed by atoms with van der Waals surface area (Å²) in [5.41, 5.74) is 1.39. The lowest BCUT2D eigenvalue weighted by atomic mass is 10.2. The highest BCUT2D eigenvalue weighted by molar-refractivity contribution is 5.88. The summed E-state index contributed by atoms with van der Waals surface area (Å²) in [6.07, 6.45) is 5.15. The molecule has 0 aliphatic heterocycles. The lowest BCUT2D eigenvalue weighted by molar-refractivity contribution is 0.0696. The molecule has 3 aromatic heterocycles. The molecule has 0 radical (unpaired) electrons. The van der Waals surface area contributed by atoms with E-state index < -0.39 is 5.97 Å². The fraction of sp³-hybridized carbons (Fsp3) is 0.267. The summed E-state index contributed by atoms with van der Waals surface area (Å²) in [7, 11) is 0. The van der Waals surface area contributed by atoms with Crippen LogP contribution in [0.5, 0.6) is 0 Å². The highest BCUT2D eigenvalue weighted by Gasteiger charge is 2.29. The first-order valence-electron chi connectivity index (χ1n) is 7.22. The minimum atomic E-state index is -1.01. The normalized spacial score (nSPS) is 14.1. The van der Waals surface area contributed by atoms with Crippen LogP contribution in [-0.4, -0.2) is 36.0 Å². The van der Waals surface area contributed by atoms with Crippen LogP contribution in [0.2, 0.25) is 0 Å². The molecule has 0 unspecified atom stereocenters. The number of aromatic nitrogens is 5. The van der Waals surface area contributed by atoms with Gasteiger partial charge in [-0.25, -0.2) is 14.5 Å². The van der Waals surface area contributed by atoms with Gasteiger partial charge in [0, 0.05) is 12.1 Å². The molecule has 0 amide bonds. The van der Waals surface area contributed by atoms with E-state index in [0.29, 0.717) is 23.3 Å². The van der Waals surface area contributed by atoms with E-state index in [9.17, 15) is 4.79 Å². The van der Waals surface area contributed by atoms with Gasteiger partial charge in [0.1, 0.15) is 5.56 Å². The van der Waals surface area contributed by atoms with Gasteiger partial charge in [0.15, 0.2) is 11.6 Å². The van der Waals surface area contributed by atoms with E-state index >= 15 is 0 Å². The summed E-state index contributed by atoms with van der Waals surface area (Å²) in [5.74, 6) is 1.14. The van der Waals surface area contributed by atoms with Crippen LogP contribution in [0, 0.1) is 6.92 Å². The van der Waals surface area contributed by atoms with E-state index in [0.717, 1.165) is 24.2 Å². The van der Waals surface area contributed by atoms with Crippen molar-refractivity contribution in [2.75, 3.05) is 0 Å². The van der Waals surface area contributed by atoms with Crippen molar-refractivity contribution in [3.8, 4) is 17.3 Å². The molecule has 1 saturated carbocycles. The minimum absolute atomic E-state index is 0.154. The van der Waals surface area contributed by atoms with E-state index in [-0.39, 0.29) is 5.56 Å². The molecule has 0 spiro atoms. The summed E-state index contributed by atoms with van der Waals surface area (Å²) in [5, 5.41) is 17.1. The molecule has 0 saturated heterocycles. The zero-order valence-corrected chi connectivity index (χ0v) is 12.3. The molecule has 8 nitrogen and oxygen atoms in total. The van der Waals surface area contributed by atoms with E-state index in [1.165, 1.54) is 10.9 Å². The summed E-state index contributed by atoms with van der Waals surface area (Å²) in [6.45, 7) is 1.69. The number of aromatic carboxylic acids is 1. The maximum atomic E-state index is 11.1. The van der Waals surface area contributed by atoms with Crippen LogP contribution in [-0.2, 0) is 0 Å². The topological polar surface area (TPSA) is 107 Å². The van der Waals surface area contributed by atoms with E-state index in [4.69, 9.17) is 9.63 Å². The van der Waals surface area contributed by atoms with Crippen LogP contribution in [0.3, 0.4) is 0 Å². The summed E-state index contributed by atoms with van der Waals surface area (Å²) >= 11 is 0. The third-order valence-electron chi connectivity index (χ3n) is 3.84. The van der Waals surface area contributed by atoms with Crippen LogP contribution in [0.1, 0.15) is 40.6 Å². The van der Waals surface area contributed by atoms with E-state index in [2.05, 4.69) is 20.2 Å². The van der Waals surface area contributed by atoms with Crippen LogP contribution in [0.25, 0.3) is 17.3 Å². The largest absolute Gasteiger partial charge is 0.478 e. The molecule has 4 rings (SSSR count). The fourth-order valence-corrected chi connectivity index (χ4v) is 2.35. The van der Waals surface area contributed by atoms with Gasteiger partial charge in [0.2, 0.25) is 0 Å². The maximum Gasteiger partial charge on any atom is 0.339 e. The summed E-state index contributed by atoms with van der Waals surface area (Å²) in [6, 6.07) is 3.54. The predicted molar refractivity (Wildman–Crippen MR) is 78.3 cm³/mol. The zero-order valence-electron chi connectivity index (χ0n) is 12.3. The first-order valence-corrected chi connectivity index (χ1v) is 7.22. The molecule has 1 aliphatic rings. The Labute approximate surface area is 130 Å². The second-order valence-corrected chi connectivity index (χ2v) is 5.50. The smallest absolute Gasteiger partial charge is 0.339 e. The average Bonchev–Trinajstić information content (AvgIpc) is 3.15. The number of carbonyl (C=O) groups is 1. The number of hydrogen-bond donors (Lipinski definition) is 1. The van der Waals surface area contributed by atoms with Crippen molar-refractivity contribution in [1.29, 1.82) is 0 Å². The minimum Gasteiger partial charge on any atom is -0.478 e. The van der Waals surface area contributed by atoms with E-state index in [1.807, 2.05) is 0 Å². The van der Waals surface area contributed by atoms with Crippen molar-refractivity contribution < 1.29 is 14.4 Å². The molecule has 0 atom stereocenters. The number of rotatable bonds is 4. The molecule has 1 fully saturated rings. The molecular formula is C15H13N5O3. The number of carboxylic acids is 1. The van der Waals surface area contributed by atoms with Gasteiger partial charge in [-0.1, -0.05) is 5.16 Å². The lowest BCUT2D eigenvalue weighted by Crippen LogP contribution is -2.04. The van der Waals surface area contributed by atoms with E-state index in [1.54, 1.807) is 25.3 Å². The Morgan fingerprint density at radius 3 is 2.78 bits per heavy atom. The lowest BCUT2D eigenvalue weighted by Gasteiger charge is -2.03. The van der Waals surface area contributed by atoms with Crippen molar-refractivity contribution >= 4 is 5.97 Å². The van der Waals surface area contributed by atoms with Crippen LogP contribution < -0.4 is 0 Å². The standard InChI is InChI=1S/C15H13N5O3/c1-8-11(15(21)22)7-17-20(8)12-5-4-10(6-16-12)14-18-13(19-23-14)9-2-3-9/h4-7,9H,2-3H2,1H3,(H,21,22). The number of carboxylic acid groups (broad SMARTS) is 1. The molecule has 1 aliphatic carbocycles. The second kappa shape index (κ2) is 5.01.